The highest BCUT2D eigenvalue weighted by Gasteiger charge is 2.38. The lowest BCUT2D eigenvalue weighted by Crippen LogP contribution is -2.30. The highest BCUT2D eigenvalue weighted by Crippen LogP contribution is 2.53. The maximum Gasteiger partial charge on any atom is 0.0502 e. The largest absolute Gasteiger partial charge is 0.310 e. The lowest BCUT2D eigenvalue weighted by Gasteiger charge is -2.42. The van der Waals surface area contributed by atoms with Gasteiger partial charge in [0.2, 0.25) is 0 Å². The summed E-state index contributed by atoms with van der Waals surface area (Å²) in [6.45, 7) is 9.44. The monoisotopic (exact) mass is 597 g/mol. The molecule has 218 valence electrons. The fourth-order valence-electron chi connectivity index (χ4n) is 8.36. The second-order valence-corrected chi connectivity index (χ2v) is 14.8. The van der Waals surface area contributed by atoms with Gasteiger partial charge in [0.1, 0.15) is 0 Å². The van der Waals surface area contributed by atoms with Gasteiger partial charge in [-0.2, -0.15) is 0 Å². The van der Waals surface area contributed by atoms with Crippen molar-refractivity contribution >= 4 is 48.6 Å². The van der Waals surface area contributed by atoms with Crippen molar-refractivity contribution in [2.45, 2.75) is 44.4 Å². The van der Waals surface area contributed by atoms with Crippen molar-refractivity contribution in [3.8, 4) is 0 Å². The third kappa shape index (κ3) is 3.73. The third-order valence-electron chi connectivity index (χ3n) is 10.6. The molecule has 0 saturated heterocycles. The van der Waals surface area contributed by atoms with Crippen LogP contribution in [0.3, 0.4) is 0 Å². The summed E-state index contributed by atoms with van der Waals surface area (Å²) in [5.74, 6) is 0.205. The molecule has 1 aromatic heterocycles. The lowest BCUT2D eigenvalue weighted by molar-refractivity contribution is 0.597. The summed E-state index contributed by atoms with van der Waals surface area (Å²) in [6.07, 6.45) is 0. The zero-order valence-electron chi connectivity index (χ0n) is 26.1. The molecule has 0 saturated carbocycles. The van der Waals surface area contributed by atoms with Gasteiger partial charge in [0, 0.05) is 42.6 Å². The van der Waals surface area contributed by atoms with Crippen LogP contribution in [-0.2, 0) is 10.8 Å². The SMILES string of the molecule is CC1(C)c2ccccc2C(c2ccc3sc4ccc(N5c6ccccc6C(C)(C)c6ccccc65)cc4c3c2)c2ccccc21. The van der Waals surface area contributed by atoms with Crippen LogP contribution in [-0.4, -0.2) is 0 Å². The van der Waals surface area contributed by atoms with Crippen molar-refractivity contribution in [2.75, 3.05) is 4.90 Å². The van der Waals surface area contributed by atoms with Crippen LogP contribution in [0.4, 0.5) is 17.1 Å². The summed E-state index contributed by atoms with van der Waals surface area (Å²) < 4.78 is 2.67. The van der Waals surface area contributed by atoms with E-state index in [1.165, 1.54) is 76.2 Å². The maximum atomic E-state index is 2.48. The molecule has 0 N–H and O–H groups in total. The Morgan fingerprint density at radius 3 is 1.56 bits per heavy atom. The predicted octanol–water partition coefficient (Wildman–Crippen LogP) is 12.0. The summed E-state index contributed by atoms with van der Waals surface area (Å²) in [4.78, 5) is 2.47. The van der Waals surface area contributed by atoms with Crippen LogP contribution in [0.25, 0.3) is 20.2 Å². The average Bonchev–Trinajstić information content (AvgIpc) is 3.43. The standard InChI is InChI=1S/C43H35NS/c1-42(2)33-15-7-5-13-29(33)41(30-14-6-8-16-34(30)42)27-21-23-39-31(25-27)32-26-28(22-24-40(32)45-39)44-37-19-11-9-17-35(37)43(3,4)36-18-10-12-20-38(36)44/h5-26,41H,1-4H3. The fraction of sp³-hybridized carbons (Fsp3) is 0.163. The third-order valence-corrected chi connectivity index (χ3v) is 11.7. The summed E-state index contributed by atoms with van der Waals surface area (Å²) in [7, 11) is 0. The first-order chi connectivity index (χ1) is 21.8. The Bertz CT molecular complexity index is 2040. The molecule has 0 atom stereocenters. The fourth-order valence-corrected chi connectivity index (χ4v) is 9.42. The molecule has 6 aromatic carbocycles. The van der Waals surface area contributed by atoms with Crippen LogP contribution in [0.1, 0.15) is 72.6 Å². The molecular weight excluding hydrogens is 563 g/mol. The van der Waals surface area contributed by atoms with E-state index in [4.69, 9.17) is 0 Å². The van der Waals surface area contributed by atoms with Crippen LogP contribution in [0.2, 0.25) is 0 Å². The van der Waals surface area contributed by atoms with Gasteiger partial charge in [-0.3, -0.25) is 0 Å². The Kier molecular flexibility index (Phi) is 5.59. The number of rotatable bonds is 2. The first-order valence-corrected chi connectivity index (χ1v) is 16.8. The van der Waals surface area contributed by atoms with Gasteiger partial charge in [0.15, 0.2) is 0 Å². The van der Waals surface area contributed by atoms with E-state index >= 15 is 0 Å². The second kappa shape index (κ2) is 9.42. The van der Waals surface area contributed by atoms with Gasteiger partial charge in [0.05, 0.1) is 11.4 Å². The van der Waals surface area contributed by atoms with Crippen LogP contribution in [0.5, 0.6) is 0 Å². The van der Waals surface area contributed by atoms with Crippen LogP contribution in [0.15, 0.2) is 133 Å². The van der Waals surface area contributed by atoms with E-state index in [-0.39, 0.29) is 16.7 Å². The molecule has 0 bridgehead atoms. The van der Waals surface area contributed by atoms with E-state index in [0.717, 1.165) is 0 Å². The first-order valence-electron chi connectivity index (χ1n) is 16.0. The van der Waals surface area contributed by atoms with Crippen molar-refractivity contribution in [3.63, 3.8) is 0 Å². The molecule has 7 aromatic rings. The summed E-state index contributed by atoms with van der Waals surface area (Å²) in [5, 5.41) is 2.67. The van der Waals surface area contributed by atoms with Gasteiger partial charge in [-0.05, 0) is 81.4 Å². The maximum absolute atomic E-state index is 2.48. The van der Waals surface area contributed by atoms with Crippen LogP contribution in [0, 0.1) is 0 Å². The molecular formula is C43H35NS. The van der Waals surface area contributed by atoms with Crippen molar-refractivity contribution < 1.29 is 0 Å². The topological polar surface area (TPSA) is 3.24 Å². The van der Waals surface area contributed by atoms with E-state index in [2.05, 4.69) is 166 Å². The molecule has 45 heavy (non-hydrogen) atoms. The van der Waals surface area contributed by atoms with Gasteiger partial charge in [-0.15, -0.1) is 11.3 Å². The molecule has 9 rings (SSSR count). The second-order valence-electron chi connectivity index (χ2n) is 13.8. The highest BCUT2D eigenvalue weighted by atomic mass is 32.1. The first kappa shape index (κ1) is 26.7. The Morgan fingerprint density at radius 1 is 0.489 bits per heavy atom. The number of hydrogen-bond acceptors (Lipinski definition) is 2. The number of thiophene rings is 1. The quantitative estimate of drug-likeness (QED) is 0.192. The number of benzene rings is 6. The van der Waals surface area contributed by atoms with Crippen molar-refractivity contribution in [2.24, 2.45) is 0 Å². The molecule has 1 aliphatic carbocycles. The smallest absolute Gasteiger partial charge is 0.0502 e. The molecule has 0 amide bonds. The van der Waals surface area contributed by atoms with E-state index in [1.807, 2.05) is 11.3 Å². The van der Waals surface area contributed by atoms with E-state index in [9.17, 15) is 0 Å². The van der Waals surface area contributed by atoms with Crippen LogP contribution < -0.4 is 4.90 Å². The van der Waals surface area contributed by atoms with Crippen LogP contribution >= 0.6 is 11.3 Å². The van der Waals surface area contributed by atoms with Gasteiger partial charge >= 0.3 is 0 Å². The average molecular weight is 598 g/mol. The van der Waals surface area contributed by atoms with Gasteiger partial charge in [-0.1, -0.05) is 119 Å². The summed E-state index contributed by atoms with van der Waals surface area (Å²) in [5.41, 5.74) is 13.4. The zero-order chi connectivity index (χ0) is 30.5. The summed E-state index contributed by atoms with van der Waals surface area (Å²) in [6, 6.07) is 50.3. The number of para-hydroxylation sites is 2. The number of anilines is 3. The van der Waals surface area contributed by atoms with Crippen molar-refractivity contribution in [1.82, 2.24) is 0 Å². The lowest BCUT2D eigenvalue weighted by atomic mass is 9.64. The minimum atomic E-state index is -0.0705. The molecule has 0 radical (unpaired) electrons. The molecule has 0 unspecified atom stereocenters. The predicted molar refractivity (Wildman–Crippen MR) is 192 cm³/mol. The highest BCUT2D eigenvalue weighted by molar-refractivity contribution is 7.25. The number of fused-ring (bicyclic) bond motifs is 7. The van der Waals surface area contributed by atoms with Gasteiger partial charge in [-0.25, -0.2) is 0 Å². The minimum Gasteiger partial charge on any atom is -0.310 e. The molecule has 0 fully saturated rings. The molecule has 0 spiro atoms. The number of nitrogens with zero attached hydrogens (tertiary/aromatic N) is 1. The Labute approximate surface area is 269 Å². The Morgan fingerprint density at radius 2 is 0.956 bits per heavy atom. The van der Waals surface area contributed by atoms with Crippen molar-refractivity contribution in [1.29, 1.82) is 0 Å². The summed E-state index contributed by atoms with van der Waals surface area (Å²) >= 11 is 1.90. The van der Waals surface area contributed by atoms with E-state index in [0.29, 0.717) is 0 Å². The molecule has 1 aliphatic heterocycles. The number of hydrogen-bond donors (Lipinski definition) is 0. The Balaban J connectivity index is 1.25. The zero-order valence-corrected chi connectivity index (χ0v) is 27.0. The van der Waals surface area contributed by atoms with Crippen molar-refractivity contribution in [3.05, 3.63) is 172 Å². The normalized spacial score (nSPS) is 16.2. The van der Waals surface area contributed by atoms with Gasteiger partial charge < -0.3 is 4.90 Å². The molecule has 1 nitrogen and oxygen atoms in total. The van der Waals surface area contributed by atoms with Gasteiger partial charge in [0.25, 0.3) is 0 Å². The van der Waals surface area contributed by atoms with E-state index in [1.54, 1.807) is 0 Å². The molecule has 2 aliphatic rings. The Hall–Kier alpha value is -4.66. The molecule has 2 heterocycles. The minimum absolute atomic E-state index is 0.0344. The van der Waals surface area contributed by atoms with E-state index < -0.39 is 0 Å². The molecule has 2 heteroatoms.